The van der Waals surface area contributed by atoms with Gasteiger partial charge in [-0.2, -0.15) is 4.98 Å². The normalized spacial score (nSPS) is 14.6. The zero-order chi connectivity index (χ0) is 19.9. The summed E-state index contributed by atoms with van der Waals surface area (Å²) in [7, 11) is 0. The summed E-state index contributed by atoms with van der Waals surface area (Å²) in [4.78, 5) is 34.0. The Labute approximate surface area is 169 Å². The van der Waals surface area contributed by atoms with Gasteiger partial charge in [-0.05, 0) is 37.1 Å². The van der Waals surface area contributed by atoms with Gasteiger partial charge in [-0.1, -0.05) is 0 Å². The molecule has 0 fully saturated rings. The average Bonchev–Trinajstić information content (AvgIpc) is 2.62. The predicted octanol–water partition coefficient (Wildman–Crippen LogP) is -2.64. The van der Waals surface area contributed by atoms with Crippen LogP contribution in [0.4, 0.5) is 0 Å². The first-order chi connectivity index (χ1) is 12.7. The number of aliphatic hydroxyl groups is 4. The Hall–Kier alpha value is -2.14. The molecule has 28 heavy (non-hydrogen) atoms. The van der Waals surface area contributed by atoms with Gasteiger partial charge in [0.15, 0.2) is 11.5 Å². The fraction of sp³-hybridized carbons (Fsp3) is 0.412. The number of fused-ring (bicyclic) bond motifs is 2. The molecule has 1 aromatic carbocycles. The monoisotopic (exact) mass is 458 g/mol. The minimum absolute atomic E-state index is 0. The second kappa shape index (κ2) is 8.48. The van der Waals surface area contributed by atoms with Crippen molar-refractivity contribution in [2.24, 2.45) is 0 Å². The van der Waals surface area contributed by atoms with Crippen LogP contribution in [0, 0.1) is 13.8 Å². The van der Waals surface area contributed by atoms with Gasteiger partial charge in [0, 0.05) is 0 Å². The summed E-state index contributed by atoms with van der Waals surface area (Å²) in [6.07, 6.45) is -4.68. The fourth-order valence-electron chi connectivity index (χ4n) is 2.89. The van der Waals surface area contributed by atoms with E-state index in [0.29, 0.717) is 11.0 Å². The first-order valence-corrected chi connectivity index (χ1v) is 8.29. The molecule has 0 saturated carbocycles. The summed E-state index contributed by atoms with van der Waals surface area (Å²) in [5.41, 5.74) is 1.11. The molecule has 0 aromatic heterocycles. The van der Waals surface area contributed by atoms with E-state index in [4.69, 9.17) is 5.11 Å². The first-order valence-electron chi connectivity index (χ1n) is 8.29. The van der Waals surface area contributed by atoms with Crippen molar-refractivity contribution in [3.63, 3.8) is 0 Å². The van der Waals surface area contributed by atoms with Crippen molar-refractivity contribution in [2.45, 2.75) is 38.7 Å². The van der Waals surface area contributed by atoms with Gasteiger partial charge in [0.05, 0.1) is 24.2 Å². The molecule has 10 nitrogen and oxygen atoms in total. The Morgan fingerprint density at radius 3 is 2.36 bits per heavy atom. The molecule has 2 heterocycles. The number of aromatic amines is 1. The number of hydrogen-bond acceptors (Lipinski definition) is 8. The van der Waals surface area contributed by atoms with Gasteiger partial charge >= 0.3 is 22.8 Å². The average molecular weight is 457 g/mol. The summed E-state index contributed by atoms with van der Waals surface area (Å²) in [5, 5.41) is 38.8. The summed E-state index contributed by atoms with van der Waals surface area (Å²) in [6.45, 7) is 2.73. The number of nitrogens with one attached hydrogen (secondary N) is 1. The van der Waals surface area contributed by atoms with Gasteiger partial charge in [0.25, 0.3) is 5.56 Å². The number of H-pyrrole nitrogens is 1. The molecule has 0 spiro atoms. The van der Waals surface area contributed by atoms with Crippen molar-refractivity contribution < 1.29 is 20.4 Å². The molecule has 0 aliphatic carbocycles. The molecule has 2 aliphatic rings. The van der Waals surface area contributed by atoms with Crippen LogP contribution in [0.25, 0.3) is 22.6 Å². The van der Waals surface area contributed by atoms with E-state index in [1.165, 1.54) is 4.57 Å². The van der Waals surface area contributed by atoms with Crippen LogP contribution in [-0.2, 0) is 6.54 Å². The third-order valence-electron chi connectivity index (χ3n) is 4.57. The molecule has 0 radical (unpaired) electrons. The molecule has 0 saturated heterocycles. The van der Waals surface area contributed by atoms with Crippen molar-refractivity contribution in [2.75, 3.05) is 6.61 Å². The molecule has 1 aromatic rings. The second-order valence-electron chi connectivity index (χ2n) is 6.50. The molecule has 3 atom stereocenters. The molecule has 152 valence electrons. The number of aliphatic hydroxyl groups excluding tert-OH is 4. The number of aromatic nitrogens is 4. The van der Waals surface area contributed by atoms with Crippen LogP contribution in [0.1, 0.15) is 11.1 Å². The molecular formula is C17H22N4O6Se. The van der Waals surface area contributed by atoms with Crippen molar-refractivity contribution in [3.05, 3.63) is 44.1 Å². The predicted molar refractivity (Wildman–Crippen MR) is 104 cm³/mol. The Balaban J connectivity index is 0.00000280. The van der Waals surface area contributed by atoms with Gasteiger partial charge in [-0.25, -0.2) is 9.78 Å². The minimum atomic E-state index is -1.64. The molecule has 3 rings (SSSR count). The van der Waals surface area contributed by atoms with E-state index in [1.54, 1.807) is 12.1 Å². The van der Waals surface area contributed by atoms with E-state index < -0.39 is 36.2 Å². The van der Waals surface area contributed by atoms with Gasteiger partial charge in [0.1, 0.15) is 18.3 Å². The van der Waals surface area contributed by atoms with Crippen molar-refractivity contribution in [1.29, 1.82) is 0 Å². The van der Waals surface area contributed by atoms with Gasteiger partial charge in [0.2, 0.25) is 0 Å². The second-order valence-corrected chi connectivity index (χ2v) is 6.50. The number of aryl methyl sites for hydroxylation is 2. The van der Waals surface area contributed by atoms with Crippen LogP contribution in [0.15, 0.2) is 21.7 Å². The number of rotatable bonds is 5. The summed E-state index contributed by atoms with van der Waals surface area (Å²) in [6, 6.07) is 3.53. The Morgan fingerprint density at radius 1 is 1.07 bits per heavy atom. The van der Waals surface area contributed by atoms with Gasteiger partial charge in [-0.3, -0.25) is 9.78 Å². The van der Waals surface area contributed by atoms with Crippen molar-refractivity contribution >= 4 is 28.1 Å². The van der Waals surface area contributed by atoms with E-state index in [9.17, 15) is 24.9 Å². The molecule has 0 bridgehead atoms. The van der Waals surface area contributed by atoms with Crippen LogP contribution in [0.5, 0.6) is 0 Å². The summed E-state index contributed by atoms with van der Waals surface area (Å²) in [5.74, 6) is -0.0516. The number of benzene rings is 1. The van der Waals surface area contributed by atoms with E-state index in [-0.39, 0.29) is 35.1 Å². The van der Waals surface area contributed by atoms with E-state index in [2.05, 4.69) is 15.0 Å². The molecular weight excluding hydrogens is 435 g/mol. The molecule has 0 unspecified atom stereocenters. The van der Waals surface area contributed by atoms with E-state index in [1.807, 2.05) is 13.8 Å². The molecule has 11 heteroatoms. The van der Waals surface area contributed by atoms with Crippen LogP contribution >= 0.6 is 0 Å². The number of nitrogens with zero attached hydrogens (tertiary/aromatic N) is 3. The van der Waals surface area contributed by atoms with Crippen LogP contribution < -0.4 is 11.2 Å². The van der Waals surface area contributed by atoms with E-state index >= 15 is 0 Å². The summed E-state index contributed by atoms with van der Waals surface area (Å²) < 4.78 is 1.40. The maximum atomic E-state index is 12.2. The first kappa shape index (κ1) is 22.2. The fourth-order valence-corrected chi connectivity index (χ4v) is 2.89. The quantitative estimate of drug-likeness (QED) is 0.205. The molecule has 0 amide bonds. The van der Waals surface area contributed by atoms with Crippen LogP contribution in [0.2, 0.25) is 0 Å². The van der Waals surface area contributed by atoms with Crippen LogP contribution in [-0.4, -0.2) is 81.9 Å². The van der Waals surface area contributed by atoms with Gasteiger partial charge in [-0.15, -0.1) is 0 Å². The SMILES string of the molecule is Cc1cc2nc3c(=O)[nH]c(=O)nc-3n(C[C@H](O)[C@H](O)[C@H](O)CO)c2cc1C.[SeH2]. The van der Waals surface area contributed by atoms with Crippen LogP contribution in [0.3, 0.4) is 0 Å². The van der Waals surface area contributed by atoms with Crippen molar-refractivity contribution in [3.8, 4) is 11.5 Å². The Kier molecular flexibility index (Phi) is 6.71. The standard InChI is InChI=1S/C17H20N4O6.H2Se/c1-7-3-9-10(4-8(7)2)21(5-11(23)14(25)12(24)6-22)15-13(18-9)16(26)20-17(27)19-15;/h3-4,11-12,14,22-25H,5-6H2,1-2H3,(H,20,26,27);1H2/t11-,12+,14-;/m0./s1. The van der Waals surface area contributed by atoms with E-state index in [0.717, 1.165) is 11.1 Å². The Morgan fingerprint density at radius 2 is 1.71 bits per heavy atom. The molecule has 5 N–H and O–H groups in total. The number of hydrogen-bond donors (Lipinski definition) is 5. The topological polar surface area (TPSA) is 162 Å². The van der Waals surface area contributed by atoms with Gasteiger partial charge < -0.3 is 25.0 Å². The zero-order valence-electron chi connectivity index (χ0n) is 15.2. The maximum absolute atomic E-state index is 12.2. The third-order valence-corrected chi connectivity index (χ3v) is 4.57. The zero-order valence-corrected chi connectivity index (χ0v) is 17.3. The third kappa shape index (κ3) is 4.00. The van der Waals surface area contributed by atoms with Crippen molar-refractivity contribution in [1.82, 2.24) is 19.5 Å². The Bertz CT molecular complexity index is 1080. The molecule has 2 aliphatic heterocycles. The summed E-state index contributed by atoms with van der Waals surface area (Å²) >= 11 is 0.